The molecule has 2 amide bonds. The molecule has 0 unspecified atom stereocenters. The zero-order chi connectivity index (χ0) is 40.6. The Morgan fingerprint density at radius 3 is 2.09 bits per heavy atom. The van der Waals surface area contributed by atoms with Crippen LogP contribution in [0, 0.1) is 45.3 Å². The van der Waals surface area contributed by atoms with Crippen LogP contribution < -0.4 is 5.32 Å². The van der Waals surface area contributed by atoms with Gasteiger partial charge in [-0.3, -0.25) is 33.7 Å². The third-order valence-corrected chi connectivity index (χ3v) is 16.2. The van der Waals surface area contributed by atoms with E-state index in [1.807, 2.05) is 32.6 Å². The molecule has 4 saturated carbocycles. The fourth-order valence-electron chi connectivity index (χ4n) is 12.2. The van der Waals surface area contributed by atoms with E-state index < -0.39 is 47.8 Å². The second kappa shape index (κ2) is 17.0. The van der Waals surface area contributed by atoms with Gasteiger partial charge in [0.05, 0.1) is 18.1 Å². The lowest BCUT2D eigenvalue weighted by molar-refractivity contribution is -0.147. The summed E-state index contributed by atoms with van der Waals surface area (Å²) in [4.78, 5) is 88.6. The maximum absolute atomic E-state index is 15.2. The Bertz CT molecular complexity index is 1500. The number of nitrogens with zero attached hydrogens (tertiary/aromatic N) is 2. The molecule has 314 valence electrons. The van der Waals surface area contributed by atoms with Crippen LogP contribution >= 0.6 is 0 Å². The second-order valence-corrected chi connectivity index (χ2v) is 20.6. The van der Waals surface area contributed by atoms with Crippen molar-refractivity contribution >= 4 is 34.9 Å². The standard InChI is InChI=1S/C46H72FN3O6/c1-7-14-32(40(54)38(53)25-30-18-19-30)26-36(51)35-28-46(44(5,6)45(46)20-13-21-45)29-50(35)42(56)33(43(2,3)4)27-37(52)39(31-15-9-8-10-16-31)48-41(55)34-17-11-12-23-49(34)24-22-47/h30-35,39H,7-29H2,1-6H3,(H,48,55)/t32-,33-,34+,35+,39+,46-/m1/s1. The van der Waals surface area contributed by atoms with Crippen molar-refractivity contribution in [1.29, 1.82) is 0 Å². The molecule has 2 aliphatic heterocycles. The number of fused-ring (bicyclic) bond motifs is 1. The summed E-state index contributed by atoms with van der Waals surface area (Å²) in [5.41, 5.74) is -0.813. The first-order valence-corrected chi connectivity index (χ1v) is 22.5. The van der Waals surface area contributed by atoms with Gasteiger partial charge in [0, 0.05) is 49.6 Å². The number of likely N-dealkylation sites (tertiary alicyclic amines) is 2. The van der Waals surface area contributed by atoms with E-state index in [1.165, 1.54) is 0 Å². The van der Waals surface area contributed by atoms with Crippen molar-refractivity contribution in [1.82, 2.24) is 15.1 Å². The van der Waals surface area contributed by atoms with Crippen LogP contribution in [0.4, 0.5) is 4.39 Å². The van der Waals surface area contributed by atoms with Crippen molar-refractivity contribution < 1.29 is 33.2 Å². The minimum absolute atomic E-state index is 0.0279. The molecule has 9 nitrogen and oxygen atoms in total. The molecule has 6 rings (SSSR count). The first-order chi connectivity index (χ1) is 26.5. The lowest BCUT2D eigenvalue weighted by Crippen LogP contribution is -2.56. The molecule has 0 aromatic rings. The Balaban J connectivity index is 1.25. The number of amides is 2. The third kappa shape index (κ3) is 8.21. The molecule has 56 heavy (non-hydrogen) atoms. The third-order valence-electron chi connectivity index (χ3n) is 16.2. The van der Waals surface area contributed by atoms with Crippen molar-refractivity contribution in [2.75, 3.05) is 26.3 Å². The number of ketones is 4. The molecule has 6 fully saturated rings. The summed E-state index contributed by atoms with van der Waals surface area (Å²) in [7, 11) is 0. The second-order valence-electron chi connectivity index (χ2n) is 20.6. The number of halogens is 1. The molecule has 1 N–H and O–H groups in total. The normalized spacial score (nSPS) is 29.0. The summed E-state index contributed by atoms with van der Waals surface area (Å²) >= 11 is 0. The molecule has 6 aliphatic rings. The van der Waals surface area contributed by atoms with Crippen LogP contribution in [0.25, 0.3) is 0 Å². The first-order valence-electron chi connectivity index (χ1n) is 22.5. The smallest absolute Gasteiger partial charge is 0.237 e. The molecule has 2 heterocycles. The van der Waals surface area contributed by atoms with Crippen LogP contribution in [-0.2, 0) is 28.8 Å². The minimum Gasteiger partial charge on any atom is -0.345 e. The van der Waals surface area contributed by atoms with Crippen molar-refractivity contribution in [3.63, 3.8) is 0 Å². The monoisotopic (exact) mass is 782 g/mol. The number of Topliss-reactive ketones (excluding diaryl/α,β-unsaturated/α-hetero) is 4. The molecule has 0 aromatic heterocycles. The highest BCUT2D eigenvalue weighted by Crippen LogP contribution is 2.88. The molecular formula is C46H72FN3O6. The number of rotatable bonds is 18. The number of hydrogen-bond acceptors (Lipinski definition) is 7. The number of carbonyl (C=O) groups excluding carboxylic acids is 6. The van der Waals surface area contributed by atoms with Crippen LogP contribution in [0.2, 0.25) is 0 Å². The summed E-state index contributed by atoms with van der Waals surface area (Å²) in [5.74, 6) is -2.66. The van der Waals surface area contributed by atoms with Crippen LogP contribution in [0.5, 0.6) is 0 Å². The molecule has 10 heteroatoms. The fraction of sp³-hybridized carbons (Fsp3) is 0.870. The van der Waals surface area contributed by atoms with Gasteiger partial charge in [-0.05, 0) is 98.8 Å². The molecule has 2 spiro atoms. The summed E-state index contributed by atoms with van der Waals surface area (Å²) in [6.45, 7) is 13.2. The zero-order valence-electron chi connectivity index (χ0n) is 35.5. The van der Waals surface area contributed by atoms with E-state index in [-0.39, 0.29) is 83.1 Å². The van der Waals surface area contributed by atoms with Crippen molar-refractivity contribution in [2.24, 2.45) is 45.3 Å². The topological polar surface area (TPSA) is 121 Å². The summed E-state index contributed by atoms with van der Waals surface area (Å²) in [6, 6.07) is -1.92. The van der Waals surface area contributed by atoms with Crippen molar-refractivity contribution in [3.05, 3.63) is 0 Å². The van der Waals surface area contributed by atoms with Gasteiger partial charge >= 0.3 is 0 Å². The van der Waals surface area contributed by atoms with Crippen LogP contribution in [0.1, 0.15) is 164 Å². The fourth-order valence-corrected chi connectivity index (χ4v) is 12.2. The molecule has 0 bridgehead atoms. The van der Waals surface area contributed by atoms with Crippen LogP contribution in [0.15, 0.2) is 0 Å². The maximum Gasteiger partial charge on any atom is 0.237 e. The van der Waals surface area contributed by atoms with E-state index in [9.17, 15) is 28.4 Å². The number of piperidine rings is 1. The van der Waals surface area contributed by atoms with E-state index in [4.69, 9.17) is 0 Å². The highest BCUT2D eigenvalue weighted by atomic mass is 19.1. The van der Waals surface area contributed by atoms with Gasteiger partial charge in [-0.15, -0.1) is 0 Å². The van der Waals surface area contributed by atoms with E-state index in [0.29, 0.717) is 38.8 Å². The summed E-state index contributed by atoms with van der Waals surface area (Å²) in [5, 5.41) is 3.17. The van der Waals surface area contributed by atoms with E-state index >= 15 is 4.79 Å². The minimum atomic E-state index is -0.730. The zero-order valence-corrected chi connectivity index (χ0v) is 35.5. The molecular weight excluding hydrogens is 710 g/mol. The van der Waals surface area contributed by atoms with Gasteiger partial charge in [-0.2, -0.15) is 0 Å². The average Bonchev–Trinajstić information content (AvgIpc) is 3.97. The lowest BCUT2D eigenvalue weighted by Gasteiger charge is -2.38. The number of carbonyl (C=O) groups is 6. The van der Waals surface area contributed by atoms with E-state index in [0.717, 1.165) is 77.0 Å². The Hall–Kier alpha value is -2.49. The van der Waals surface area contributed by atoms with E-state index in [1.54, 1.807) is 4.90 Å². The predicted molar refractivity (Wildman–Crippen MR) is 214 cm³/mol. The summed E-state index contributed by atoms with van der Waals surface area (Å²) in [6.07, 6.45) is 14.2. The summed E-state index contributed by atoms with van der Waals surface area (Å²) < 4.78 is 13.5. The maximum atomic E-state index is 15.2. The number of hydrogen-bond donors (Lipinski definition) is 1. The van der Waals surface area contributed by atoms with Gasteiger partial charge in [0.1, 0.15) is 6.67 Å². The Morgan fingerprint density at radius 1 is 0.839 bits per heavy atom. The van der Waals surface area contributed by atoms with Gasteiger partial charge in [-0.25, -0.2) is 4.39 Å². The van der Waals surface area contributed by atoms with Crippen molar-refractivity contribution in [2.45, 2.75) is 182 Å². The molecule has 2 saturated heterocycles. The molecule has 0 aromatic carbocycles. The largest absolute Gasteiger partial charge is 0.345 e. The molecule has 6 atom stereocenters. The highest BCUT2D eigenvalue weighted by Gasteiger charge is 2.85. The first kappa shape index (κ1) is 43.1. The Kier molecular flexibility index (Phi) is 13.1. The van der Waals surface area contributed by atoms with Gasteiger partial charge in [0.2, 0.25) is 17.6 Å². The SMILES string of the molecule is CCC[C@H](CC(=O)[C@@H]1C[C@@]2(CN1C(=O)[C@@H](CC(=O)[C@@H](NC(=O)[C@@H]1CCCCN1CCF)C1CCCCC1)C(C)(C)C)C(C)(C)C21CCC1)C(=O)C(=O)CC1CC1. The quantitative estimate of drug-likeness (QED) is 0.142. The van der Waals surface area contributed by atoms with Gasteiger partial charge < -0.3 is 10.2 Å². The van der Waals surface area contributed by atoms with Gasteiger partial charge in [0.15, 0.2) is 17.3 Å². The Morgan fingerprint density at radius 2 is 1.52 bits per heavy atom. The molecule has 4 aliphatic carbocycles. The van der Waals surface area contributed by atoms with Crippen LogP contribution in [0.3, 0.4) is 0 Å². The lowest BCUT2D eigenvalue weighted by atomic mass is 9.73. The number of nitrogens with one attached hydrogen (secondary N) is 1. The van der Waals surface area contributed by atoms with Crippen molar-refractivity contribution in [3.8, 4) is 0 Å². The number of alkyl halides is 1. The van der Waals surface area contributed by atoms with E-state index in [2.05, 4.69) is 19.2 Å². The Labute approximate surface area is 335 Å². The molecule has 0 radical (unpaired) electrons. The highest BCUT2D eigenvalue weighted by molar-refractivity contribution is 6.38. The van der Waals surface area contributed by atoms with Crippen LogP contribution in [-0.4, -0.2) is 89.2 Å². The van der Waals surface area contributed by atoms with Gasteiger partial charge in [0.25, 0.3) is 0 Å². The average molecular weight is 782 g/mol. The van der Waals surface area contributed by atoms with Gasteiger partial charge in [-0.1, -0.05) is 80.1 Å². The predicted octanol–water partition coefficient (Wildman–Crippen LogP) is 7.61.